The number of ether oxygens (including phenoxy) is 4. The summed E-state index contributed by atoms with van der Waals surface area (Å²) in [7, 11) is 0. The first-order valence-electron chi connectivity index (χ1n) is 10.3. The average molecular weight is 441 g/mol. The molecule has 0 radical (unpaired) electrons. The summed E-state index contributed by atoms with van der Waals surface area (Å²) in [4.78, 5) is 38.2. The molecule has 10 nitrogen and oxygen atoms in total. The number of halogens is 1. The standard InChI is InChI=1S/C20H23FO10/c1-5-12(24)28-11-8(22)18-10-6(21)7(16(2,3)4)17(18)9(23)13(25)30-15(17)31-20(18,14(26)29-10)19(5,11)27/h5-11,15,22-23,27H,1-4H3/t5-,6+,7+,8+,9+,10?,11?,15?,17?,18-,19?,20?/m1/s1/i21-1. The molecule has 11 heteroatoms. The quantitative estimate of drug-likeness (QED) is 0.302. The molecule has 0 aromatic heterocycles. The van der Waals surface area contributed by atoms with E-state index in [2.05, 4.69) is 0 Å². The fourth-order valence-electron chi connectivity index (χ4n) is 8.19. The van der Waals surface area contributed by atoms with Crippen LogP contribution in [0, 0.1) is 28.1 Å². The third-order valence-corrected chi connectivity index (χ3v) is 8.91. The van der Waals surface area contributed by atoms with Crippen LogP contribution in [0.2, 0.25) is 0 Å². The van der Waals surface area contributed by atoms with Crippen LogP contribution < -0.4 is 0 Å². The van der Waals surface area contributed by atoms with E-state index in [0.29, 0.717) is 0 Å². The fourth-order valence-corrected chi connectivity index (χ4v) is 8.19. The van der Waals surface area contributed by atoms with Crippen molar-refractivity contribution in [3.8, 4) is 0 Å². The number of hydrogen-bond donors (Lipinski definition) is 3. The number of hydrogen-bond acceptors (Lipinski definition) is 10. The Bertz CT molecular complexity index is 962. The summed E-state index contributed by atoms with van der Waals surface area (Å²) in [5, 5.41) is 34.5. The molecule has 0 amide bonds. The van der Waals surface area contributed by atoms with E-state index < -0.39 is 94.1 Å². The van der Waals surface area contributed by atoms with Crippen molar-refractivity contribution in [3.63, 3.8) is 0 Å². The number of fused-ring (bicyclic) bond motifs is 1. The van der Waals surface area contributed by atoms with Crippen LogP contribution in [0.5, 0.6) is 0 Å². The normalized spacial score (nSPS) is 61.0. The van der Waals surface area contributed by atoms with Gasteiger partial charge in [0.25, 0.3) is 0 Å². The Kier molecular flexibility index (Phi) is 3.14. The highest BCUT2D eigenvalue weighted by molar-refractivity contribution is 5.94. The molecular weight excluding hydrogens is 418 g/mol. The van der Waals surface area contributed by atoms with Gasteiger partial charge in [0, 0.05) is 5.92 Å². The minimum atomic E-state index is -2.48. The number of carbonyl (C=O) groups is 3. The van der Waals surface area contributed by atoms with Gasteiger partial charge in [-0.25, -0.2) is 14.0 Å². The van der Waals surface area contributed by atoms with Gasteiger partial charge in [-0.15, -0.1) is 0 Å². The van der Waals surface area contributed by atoms with Crippen molar-refractivity contribution in [2.45, 2.75) is 75.8 Å². The topological polar surface area (TPSA) is 149 Å². The van der Waals surface area contributed by atoms with Gasteiger partial charge in [0.15, 0.2) is 17.8 Å². The molecule has 12 atom stereocenters. The van der Waals surface area contributed by atoms with Crippen LogP contribution in [0.15, 0.2) is 0 Å². The first-order chi connectivity index (χ1) is 14.3. The van der Waals surface area contributed by atoms with Crippen LogP contribution in [-0.2, 0) is 33.3 Å². The molecule has 4 saturated heterocycles. The minimum Gasteiger partial charge on any atom is -0.456 e. The molecule has 6 rings (SSSR count). The molecule has 2 spiro atoms. The Morgan fingerprint density at radius 1 is 1.00 bits per heavy atom. The smallest absolute Gasteiger partial charge is 0.343 e. The van der Waals surface area contributed by atoms with Crippen molar-refractivity contribution in [1.29, 1.82) is 0 Å². The van der Waals surface area contributed by atoms with Gasteiger partial charge in [-0.1, -0.05) is 20.8 Å². The predicted molar refractivity (Wildman–Crippen MR) is 92.3 cm³/mol. The number of carbonyl (C=O) groups excluding carboxylic acids is 3. The Labute approximate surface area is 175 Å². The van der Waals surface area contributed by atoms with Crippen LogP contribution in [0.1, 0.15) is 27.7 Å². The minimum absolute atomic E-state index is 0.874. The number of aliphatic hydroxyl groups is 3. The lowest BCUT2D eigenvalue weighted by molar-refractivity contribution is -0.240. The maximum atomic E-state index is 16.2. The molecule has 2 aliphatic carbocycles. The third-order valence-electron chi connectivity index (χ3n) is 8.91. The number of alkyl halides is 1. The van der Waals surface area contributed by atoms with E-state index in [1.54, 1.807) is 20.8 Å². The van der Waals surface area contributed by atoms with Crippen molar-refractivity contribution in [3.05, 3.63) is 0 Å². The van der Waals surface area contributed by atoms with Gasteiger partial charge >= 0.3 is 17.9 Å². The molecule has 3 N–H and O–H groups in total. The summed E-state index contributed by atoms with van der Waals surface area (Å²) >= 11 is 0. The summed E-state index contributed by atoms with van der Waals surface area (Å²) in [6.07, 6.45) is -10.7. The van der Waals surface area contributed by atoms with Gasteiger partial charge < -0.3 is 34.3 Å². The van der Waals surface area contributed by atoms with Gasteiger partial charge in [-0.3, -0.25) is 4.79 Å². The second-order valence-corrected chi connectivity index (χ2v) is 10.7. The van der Waals surface area contributed by atoms with Gasteiger partial charge in [0.2, 0.25) is 11.9 Å². The number of esters is 3. The average Bonchev–Trinajstić information content (AvgIpc) is 3.35. The molecule has 170 valence electrons. The second-order valence-electron chi connectivity index (χ2n) is 10.7. The zero-order valence-electron chi connectivity index (χ0n) is 17.2. The van der Waals surface area contributed by atoms with Crippen molar-refractivity contribution < 1.29 is 53.0 Å². The summed E-state index contributed by atoms with van der Waals surface area (Å²) in [6, 6.07) is 0. The van der Waals surface area contributed by atoms with Gasteiger partial charge in [0.1, 0.15) is 18.4 Å². The predicted octanol–water partition coefficient (Wildman–Crippen LogP) is -1.42. The summed E-state index contributed by atoms with van der Waals surface area (Å²) in [5.74, 6) is -5.65. The monoisotopic (exact) mass is 441 g/mol. The molecule has 4 heterocycles. The lowest BCUT2D eigenvalue weighted by atomic mass is 9.51. The molecule has 31 heavy (non-hydrogen) atoms. The molecule has 0 aromatic rings. The van der Waals surface area contributed by atoms with Gasteiger partial charge in [-0.05, 0) is 12.3 Å². The van der Waals surface area contributed by atoms with Crippen LogP contribution >= 0.6 is 0 Å². The summed E-state index contributed by atoms with van der Waals surface area (Å²) in [6.45, 7) is 6.36. The molecular formula is C20H23FO10. The SMILES string of the molecule is C[C@@H]1C(=O)OC2[C@H](O)[C@]34C5OC(=O)C3(OC3OC(=O)[C@H](O)C34[C@H](C(C)(C)C)[C@@H]5[18F])C21O. The molecule has 6 unspecified atom stereocenters. The fraction of sp³-hybridized carbons (Fsp3) is 0.850. The van der Waals surface area contributed by atoms with Gasteiger partial charge in [0.05, 0.1) is 16.7 Å². The zero-order valence-corrected chi connectivity index (χ0v) is 17.2. The van der Waals surface area contributed by atoms with Crippen LogP contribution in [0.3, 0.4) is 0 Å². The number of rotatable bonds is 0. The lowest BCUT2D eigenvalue weighted by Crippen LogP contribution is -2.67. The maximum Gasteiger partial charge on any atom is 0.343 e. The summed E-state index contributed by atoms with van der Waals surface area (Å²) < 4.78 is 38.1. The van der Waals surface area contributed by atoms with Crippen molar-refractivity contribution in [1.82, 2.24) is 0 Å². The molecule has 6 aliphatic rings. The molecule has 0 aromatic carbocycles. The van der Waals surface area contributed by atoms with E-state index in [9.17, 15) is 29.7 Å². The highest BCUT2D eigenvalue weighted by Gasteiger charge is 3.05. The third kappa shape index (κ3) is 1.43. The highest BCUT2D eigenvalue weighted by Crippen LogP contribution is 2.84. The molecule has 2 saturated carbocycles. The Balaban J connectivity index is 1.75. The van der Waals surface area contributed by atoms with Crippen LogP contribution in [0.25, 0.3) is 0 Å². The van der Waals surface area contributed by atoms with Crippen LogP contribution in [0.4, 0.5) is 4.39 Å². The van der Waals surface area contributed by atoms with E-state index in [0.717, 1.165) is 0 Å². The second kappa shape index (κ2) is 4.90. The Morgan fingerprint density at radius 3 is 2.26 bits per heavy atom. The summed E-state index contributed by atoms with van der Waals surface area (Å²) in [5.41, 5.74) is -9.91. The van der Waals surface area contributed by atoms with Crippen LogP contribution in [-0.4, -0.2) is 81.3 Å². The van der Waals surface area contributed by atoms with Crippen molar-refractivity contribution in [2.24, 2.45) is 28.1 Å². The first-order valence-corrected chi connectivity index (χ1v) is 10.3. The van der Waals surface area contributed by atoms with E-state index in [1.807, 2.05) is 0 Å². The molecule has 6 fully saturated rings. The van der Waals surface area contributed by atoms with E-state index >= 15 is 4.39 Å². The number of aliphatic hydroxyl groups excluding tert-OH is 2. The van der Waals surface area contributed by atoms with Crippen molar-refractivity contribution >= 4 is 17.9 Å². The van der Waals surface area contributed by atoms with Gasteiger partial charge in [-0.2, -0.15) is 0 Å². The lowest BCUT2D eigenvalue weighted by Gasteiger charge is -2.47. The van der Waals surface area contributed by atoms with E-state index in [1.165, 1.54) is 6.92 Å². The Hall–Kier alpha value is -1.82. The molecule has 4 aliphatic heterocycles. The van der Waals surface area contributed by atoms with E-state index in [4.69, 9.17) is 18.9 Å². The molecule has 0 bridgehead atoms. The maximum absolute atomic E-state index is 16.2. The highest BCUT2D eigenvalue weighted by atomic mass is 18.2. The largest absolute Gasteiger partial charge is 0.456 e. The van der Waals surface area contributed by atoms with Crippen molar-refractivity contribution in [2.75, 3.05) is 0 Å². The zero-order chi connectivity index (χ0) is 22.7. The van der Waals surface area contributed by atoms with E-state index in [-0.39, 0.29) is 0 Å². The first kappa shape index (κ1) is 19.8. The Morgan fingerprint density at radius 2 is 1.65 bits per heavy atom.